The summed E-state index contributed by atoms with van der Waals surface area (Å²) < 4.78 is 5.28. The number of ether oxygens (including phenoxy) is 1. The van der Waals surface area contributed by atoms with Crippen molar-refractivity contribution in [2.75, 3.05) is 6.61 Å². The Morgan fingerprint density at radius 3 is 1.90 bits per heavy atom. The van der Waals surface area contributed by atoms with Crippen molar-refractivity contribution >= 4 is 23.2 Å². The van der Waals surface area contributed by atoms with Crippen LogP contribution in [0.25, 0.3) is 0 Å². The minimum atomic E-state index is -0.615. The standard InChI is InChI=1S/C24H41NO3S/c1-3-4-5-6-7-8-9-10-11-12-13-14-15-16-19-28-24(27)21(2)25-23(26)22-18-17-20-29-22/h17-18,20-21H,3-16,19H2,1-2H3,(H,25,26). The molecule has 1 N–H and O–H groups in total. The van der Waals surface area contributed by atoms with Crippen molar-refractivity contribution < 1.29 is 14.3 Å². The van der Waals surface area contributed by atoms with E-state index in [0.717, 1.165) is 12.8 Å². The molecule has 0 aromatic carbocycles. The fraction of sp³-hybridized carbons (Fsp3) is 0.750. The van der Waals surface area contributed by atoms with Gasteiger partial charge in [0.2, 0.25) is 0 Å². The maximum absolute atomic E-state index is 11.9. The van der Waals surface area contributed by atoms with Gasteiger partial charge in [-0.15, -0.1) is 11.3 Å². The Morgan fingerprint density at radius 1 is 0.897 bits per heavy atom. The predicted molar refractivity (Wildman–Crippen MR) is 123 cm³/mol. The van der Waals surface area contributed by atoms with Crippen LogP contribution in [0.1, 0.15) is 113 Å². The van der Waals surface area contributed by atoms with E-state index >= 15 is 0 Å². The maximum Gasteiger partial charge on any atom is 0.328 e. The lowest BCUT2D eigenvalue weighted by Crippen LogP contribution is -2.39. The second kappa shape index (κ2) is 17.5. The summed E-state index contributed by atoms with van der Waals surface area (Å²) in [5, 5.41) is 4.52. The molecule has 4 nitrogen and oxygen atoms in total. The summed E-state index contributed by atoms with van der Waals surface area (Å²) in [5.74, 6) is -0.578. The predicted octanol–water partition coefficient (Wildman–Crippen LogP) is 6.89. The molecule has 1 heterocycles. The van der Waals surface area contributed by atoms with Gasteiger partial charge < -0.3 is 10.1 Å². The minimum absolute atomic E-state index is 0.221. The van der Waals surface area contributed by atoms with E-state index in [1.165, 1.54) is 88.4 Å². The van der Waals surface area contributed by atoms with Gasteiger partial charge >= 0.3 is 5.97 Å². The summed E-state index contributed by atoms with van der Waals surface area (Å²) in [6.07, 6.45) is 18.3. The van der Waals surface area contributed by atoms with Gasteiger partial charge in [-0.05, 0) is 24.8 Å². The highest BCUT2D eigenvalue weighted by Crippen LogP contribution is 2.13. The molecule has 0 aliphatic carbocycles. The summed E-state index contributed by atoms with van der Waals surface area (Å²) in [6, 6.07) is 2.95. The van der Waals surface area contributed by atoms with Gasteiger partial charge in [0.05, 0.1) is 11.5 Å². The normalized spacial score (nSPS) is 11.9. The van der Waals surface area contributed by atoms with Crippen LogP contribution >= 0.6 is 11.3 Å². The number of hydrogen-bond acceptors (Lipinski definition) is 4. The third-order valence-electron chi connectivity index (χ3n) is 5.19. The van der Waals surface area contributed by atoms with Crippen LogP contribution in [0.15, 0.2) is 17.5 Å². The van der Waals surface area contributed by atoms with Crippen LogP contribution in [0.3, 0.4) is 0 Å². The fourth-order valence-corrected chi connectivity index (χ4v) is 3.96. The SMILES string of the molecule is CCCCCCCCCCCCCCCCOC(=O)C(C)NC(=O)c1cccs1. The van der Waals surface area contributed by atoms with Gasteiger partial charge in [0.15, 0.2) is 0 Å². The van der Waals surface area contributed by atoms with Crippen LogP contribution in [-0.2, 0) is 9.53 Å². The van der Waals surface area contributed by atoms with E-state index in [2.05, 4.69) is 12.2 Å². The van der Waals surface area contributed by atoms with E-state index in [1.807, 2.05) is 11.4 Å². The molecule has 0 saturated heterocycles. The molecule has 1 amide bonds. The maximum atomic E-state index is 11.9. The lowest BCUT2D eigenvalue weighted by atomic mass is 10.0. The Labute approximate surface area is 181 Å². The largest absolute Gasteiger partial charge is 0.464 e. The molecule has 0 saturated carbocycles. The first-order valence-corrected chi connectivity index (χ1v) is 12.5. The van der Waals surface area contributed by atoms with Crippen molar-refractivity contribution in [3.05, 3.63) is 22.4 Å². The number of hydrogen-bond donors (Lipinski definition) is 1. The lowest BCUT2D eigenvalue weighted by molar-refractivity contribution is -0.145. The summed E-state index contributed by atoms with van der Waals surface area (Å²) >= 11 is 1.36. The van der Waals surface area contributed by atoms with Crippen molar-refractivity contribution in [1.82, 2.24) is 5.32 Å². The van der Waals surface area contributed by atoms with Gasteiger partial charge in [0.1, 0.15) is 6.04 Å². The third kappa shape index (κ3) is 13.5. The molecule has 1 atom stereocenters. The third-order valence-corrected chi connectivity index (χ3v) is 6.06. The zero-order chi connectivity index (χ0) is 21.2. The number of unbranched alkanes of at least 4 members (excludes halogenated alkanes) is 13. The van der Waals surface area contributed by atoms with Crippen molar-refractivity contribution in [2.24, 2.45) is 0 Å². The van der Waals surface area contributed by atoms with E-state index in [0.29, 0.717) is 11.5 Å². The molecule has 1 unspecified atom stereocenters. The van der Waals surface area contributed by atoms with Gasteiger partial charge in [-0.3, -0.25) is 4.79 Å². The number of nitrogens with one attached hydrogen (secondary N) is 1. The summed E-state index contributed by atoms with van der Waals surface area (Å²) in [4.78, 5) is 24.5. The molecular weight excluding hydrogens is 382 g/mol. The minimum Gasteiger partial charge on any atom is -0.464 e. The molecule has 0 fully saturated rings. The van der Waals surface area contributed by atoms with E-state index < -0.39 is 6.04 Å². The quantitative estimate of drug-likeness (QED) is 0.206. The topological polar surface area (TPSA) is 55.4 Å². The van der Waals surface area contributed by atoms with Gasteiger partial charge in [-0.25, -0.2) is 4.79 Å². The highest BCUT2D eigenvalue weighted by atomic mass is 32.1. The number of carbonyl (C=O) groups is 2. The lowest BCUT2D eigenvalue weighted by Gasteiger charge is -2.12. The highest BCUT2D eigenvalue weighted by Gasteiger charge is 2.18. The highest BCUT2D eigenvalue weighted by molar-refractivity contribution is 7.12. The molecule has 0 bridgehead atoms. The first kappa shape index (κ1) is 25.7. The van der Waals surface area contributed by atoms with Crippen LogP contribution in [0.2, 0.25) is 0 Å². The molecule has 1 aromatic heterocycles. The molecule has 0 aliphatic rings. The Hall–Kier alpha value is -1.36. The Morgan fingerprint density at radius 2 is 1.41 bits per heavy atom. The van der Waals surface area contributed by atoms with E-state index in [9.17, 15) is 9.59 Å². The van der Waals surface area contributed by atoms with Gasteiger partial charge in [0, 0.05) is 0 Å². The van der Waals surface area contributed by atoms with Crippen LogP contribution in [0, 0.1) is 0 Å². The van der Waals surface area contributed by atoms with Gasteiger partial charge in [0.25, 0.3) is 5.91 Å². The number of esters is 1. The smallest absolute Gasteiger partial charge is 0.328 e. The number of thiophene rings is 1. The first-order valence-electron chi connectivity index (χ1n) is 11.7. The average molecular weight is 424 g/mol. The number of carbonyl (C=O) groups excluding carboxylic acids is 2. The number of amides is 1. The van der Waals surface area contributed by atoms with Gasteiger partial charge in [-0.1, -0.05) is 96.5 Å². The molecule has 1 aromatic rings. The second-order valence-corrected chi connectivity index (χ2v) is 8.88. The van der Waals surface area contributed by atoms with Crippen molar-refractivity contribution in [1.29, 1.82) is 0 Å². The second-order valence-electron chi connectivity index (χ2n) is 7.94. The zero-order valence-electron chi connectivity index (χ0n) is 18.5. The van der Waals surface area contributed by atoms with E-state index in [-0.39, 0.29) is 11.9 Å². The zero-order valence-corrected chi connectivity index (χ0v) is 19.4. The van der Waals surface area contributed by atoms with Crippen LogP contribution in [-0.4, -0.2) is 24.5 Å². The van der Waals surface area contributed by atoms with E-state index in [1.54, 1.807) is 13.0 Å². The summed E-state index contributed by atoms with van der Waals surface area (Å²) in [7, 11) is 0. The van der Waals surface area contributed by atoms with Gasteiger partial charge in [-0.2, -0.15) is 0 Å². The molecule has 0 radical (unpaired) electrons. The van der Waals surface area contributed by atoms with Crippen LogP contribution in [0.5, 0.6) is 0 Å². The summed E-state index contributed by atoms with van der Waals surface area (Å²) in [6.45, 7) is 4.37. The Balaban J connectivity index is 1.86. The molecule has 0 aliphatic heterocycles. The molecule has 166 valence electrons. The van der Waals surface area contributed by atoms with E-state index in [4.69, 9.17) is 4.74 Å². The number of rotatable bonds is 18. The Bertz CT molecular complexity index is 530. The summed E-state index contributed by atoms with van der Waals surface area (Å²) in [5.41, 5.74) is 0. The molecule has 0 spiro atoms. The first-order chi connectivity index (χ1) is 14.1. The van der Waals surface area contributed by atoms with Crippen molar-refractivity contribution in [2.45, 2.75) is 110 Å². The molecular formula is C24H41NO3S. The van der Waals surface area contributed by atoms with Crippen LogP contribution in [0.4, 0.5) is 0 Å². The monoisotopic (exact) mass is 423 g/mol. The Kier molecular flexibility index (Phi) is 15.5. The molecule has 5 heteroatoms. The molecule has 29 heavy (non-hydrogen) atoms. The fourth-order valence-electron chi connectivity index (χ4n) is 3.33. The van der Waals surface area contributed by atoms with Crippen molar-refractivity contribution in [3.8, 4) is 0 Å². The van der Waals surface area contributed by atoms with Crippen molar-refractivity contribution in [3.63, 3.8) is 0 Å². The molecule has 1 rings (SSSR count). The van der Waals surface area contributed by atoms with Crippen LogP contribution < -0.4 is 5.32 Å². The average Bonchev–Trinajstić information content (AvgIpc) is 3.25.